The van der Waals surface area contributed by atoms with Crippen molar-refractivity contribution >= 4 is 17.9 Å². The van der Waals surface area contributed by atoms with Gasteiger partial charge >= 0.3 is 0 Å². The minimum atomic E-state index is -0.147. The Morgan fingerprint density at radius 3 is 2.62 bits per heavy atom. The molecular formula is C16H17NO4. The third-order valence-electron chi connectivity index (χ3n) is 3.02. The molecule has 0 unspecified atom stereocenters. The van der Waals surface area contributed by atoms with E-state index in [4.69, 9.17) is 9.15 Å². The molecule has 0 aliphatic rings. The van der Waals surface area contributed by atoms with Crippen LogP contribution in [0.5, 0.6) is 5.75 Å². The lowest BCUT2D eigenvalue weighted by Gasteiger charge is -2.13. The van der Waals surface area contributed by atoms with E-state index >= 15 is 0 Å². The number of anilines is 1. The van der Waals surface area contributed by atoms with Crippen molar-refractivity contribution in [1.29, 1.82) is 0 Å². The van der Waals surface area contributed by atoms with Crippen LogP contribution < -0.4 is 10.1 Å². The molecule has 5 nitrogen and oxygen atoms in total. The lowest BCUT2D eigenvalue weighted by molar-refractivity contribution is -0.118. The number of benzene rings is 1. The highest BCUT2D eigenvalue weighted by Crippen LogP contribution is 2.32. The molecule has 0 atom stereocenters. The van der Waals surface area contributed by atoms with E-state index in [9.17, 15) is 9.59 Å². The average Bonchev–Trinajstić information content (AvgIpc) is 2.95. The number of rotatable bonds is 5. The number of carbonyl (C=O) groups excluding carboxylic acids is 2. The molecule has 0 spiro atoms. The summed E-state index contributed by atoms with van der Waals surface area (Å²) < 4.78 is 10.6. The normalized spacial score (nSPS) is 10.5. The third-order valence-corrected chi connectivity index (χ3v) is 3.02. The van der Waals surface area contributed by atoms with Gasteiger partial charge in [-0.25, -0.2) is 0 Å². The molecule has 1 aromatic heterocycles. The van der Waals surface area contributed by atoms with Crippen molar-refractivity contribution in [3.63, 3.8) is 0 Å². The maximum atomic E-state index is 11.9. The number of ether oxygens (including phenoxy) is 1. The van der Waals surface area contributed by atoms with Crippen LogP contribution >= 0.6 is 0 Å². The SMILES string of the molecule is COc1ccc(-c2ccc(C=O)o2)c(NC(=O)C(C)C)c1. The van der Waals surface area contributed by atoms with Gasteiger partial charge in [-0.3, -0.25) is 9.59 Å². The summed E-state index contributed by atoms with van der Waals surface area (Å²) in [5, 5.41) is 2.84. The molecule has 0 aliphatic heterocycles. The van der Waals surface area contributed by atoms with Crippen molar-refractivity contribution in [2.75, 3.05) is 12.4 Å². The van der Waals surface area contributed by atoms with Crippen molar-refractivity contribution < 1.29 is 18.7 Å². The minimum Gasteiger partial charge on any atom is -0.497 e. The van der Waals surface area contributed by atoms with Crippen LogP contribution in [-0.2, 0) is 4.79 Å². The van der Waals surface area contributed by atoms with Gasteiger partial charge in [-0.1, -0.05) is 13.8 Å². The summed E-state index contributed by atoms with van der Waals surface area (Å²) >= 11 is 0. The van der Waals surface area contributed by atoms with Crippen LogP contribution in [0.2, 0.25) is 0 Å². The lowest BCUT2D eigenvalue weighted by Crippen LogP contribution is -2.18. The fourth-order valence-corrected chi connectivity index (χ4v) is 1.81. The molecule has 2 aromatic rings. The van der Waals surface area contributed by atoms with E-state index in [-0.39, 0.29) is 17.6 Å². The summed E-state index contributed by atoms with van der Waals surface area (Å²) in [7, 11) is 1.56. The largest absolute Gasteiger partial charge is 0.497 e. The van der Waals surface area contributed by atoms with Crippen LogP contribution in [0.15, 0.2) is 34.7 Å². The molecule has 0 saturated heterocycles. The highest BCUT2D eigenvalue weighted by atomic mass is 16.5. The summed E-state index contributed by atoms with van der Waals surface area (Å²) in [5.41, 5.74) is 1.28. The fraction of sp³-hybridized carbons (Fsp3) is 0.250. The summed E-state index contributed by atoms with van der Waals surface area (Å²) in [4.78, 5) is 22.6. The number of hydrogen-bond acceptors (Lipinski definition) is 4. The quantitative estimate of drug-likeness (QED) is 0.856. The summed E-state index contributed by atoms with van der Waals surface area (Å²) in [6.45, 7) is 3.62. The van der Waals surface area contributed by atoms with E-state index < -0.39 is 0 Å². The van der Waals surface area contributed by atoms with E-state index in [1.54, 1.807) is 37.4 Å². The maximum absolute atomic E-state index is 11.9. The number of amides is 1. The van der Waals surface area contributed by atoms with E-state index in [1.165, 1.54) is 0 Å². The molecule has 5 heteroatoms. The van der Waals surface area contributed by atoms with Crippen LogP contribution in [0.4, 0.5) is 5.69 Å². The first-order valence-corrected chi connectivity index (χ1v) is 6.59. The molecule has 0 aliphatic carbocycles. The van der Waals surface area contributed by atoms with Gasteiger partial charge in [0.1, 0.15) is 11.5 Å². The van der Waals surface area contributed by atoms with E-state index in [0.29, 0.717) is 29.0 Å². The smallest absolute Gasteiger partial charge is 0.226 e. The van der Waals surface area contributed by atoms with Crippen molar-refractivity contribution in [3.05, 3.63) is 36.1 Å². The average molecular weight is 287 g/mol. The summed E-state index contributed by atoms with van der Waals surface area (Å²) in [6.07, 6.45) is 0.638. The molecule has 110 valence electrons. The summed E-state index contributed by atoms with van der Waals surface area (Å²) in [5.74, 6) is 1.12. The first-order valence-electron chi connectivity index (χ1n) is 6.59. The second kappa shape index (κ2) is 6.26. The Bertz CT molecular complexity index is 658. The molecule has 1 N–H and O–H groups in total. The van der Waals surface area contributed by atoms with Crippen LogP contribution in [0, 0.1) is 5.92 Å². The maximum Gasteiger partial charge on any atom is 0.226 e. The van der Waals surface area contributed by atoms with Gasteiger partial charge in [0.2, 0.25) is 5.91 Å². The standard InChI is InChI=1S/C16H17NO4/c1-10(2)16(19)17-14-8-11(20-3)4-6-13(14)15-7-5-12(9-18)21-15/h4-10H,1-3H3,(H,17,19). The Hall–Kier alpha value is -2.56. The number of nitrogens with one attached hydrogen (secondary N) is 1. The van der Waals surface area contributed by atoms with E-state index in [2.05, 4.69) is 5.32 Å². The second-order valence-corrected chi connectivity index (χ2v) is 4.88. The molecule has 1 aromatic carbocycles. The van der Waals surface area contributed by atoms with Crippen LogP contribution in [0.25, 0.3) is 11.3 Å². The highest BCUT2D eigenvalue weighted by molar-refractivity contribution is 5.96. The van der Waals surface area contributed by atoms with Gasteiger partial charge in [0, 0.05) is 17.5 Å². The number of hydrogen-bond donors (Lipinski definition) is 1. The Morgan fingerprint density at radius 1 is 1.29 bits per heavy atom. The Balaban J connectivity index is 2.44. The van der Waals surface area contributed by atoms with Gasteiger partial charge < -0.3 is 14.5 Å². The van der Waals surface area contributed by atoms with Gasteiger partial charge in [0.25, 0.3) is 0 Å². The molecule has 1 amide bonds. The molecule has 2 rings (SSSR count). The number of aldehydes is 1. The van der Waals surface area contributed by atoms with Gasteiger partial charge in [0.05, 0.1) is 12.8 Å². The predicted octanol–water partition coefficient (Wildman–Crippen LogP) is 3.36. The molecule has 0 saturated carbocycles. The Morgan fingerprint density at radius 2 is 2.05 bits per heavy atom. The predicted molar refractivity (Wildman–Crippen MR) is 79.6 cm³/mol. The Labute approximate surface area is 122 Å². The third kappa shape index (κ3) is 3.31. The first-order chi connectivity index (χ1) is 10.0. The summed E-state index contributed by atoms with van der Waals surface area (Å²) in [6, 6.07) is 8.54. The van der Waals surface area contributed by atoms with Gasteiger partial charge in [-0.2, -0.15) is 0 Å². The lowest BCUT2D eigenvalue weighted by atomic mass is 10.1. The Kier molecular flexibility index (Phi) is 4.42. The van der Waals surface area contributed by atoms with Crippen LogP contribution in [0.3, 0.4) is 0 Å². The van der Waals surface area contributed by atoms with Crippen molar-refractivity contribution in [1.82, 2.24) is 0 Å². The van der Waals surface area contributed by atoms with Gasteiger partial charge in [-0.15, -0.1) is 0 Å². The minimum absolute atomic E-state index is 0.105. The molecule has 1 heterocycles. The number of methoxy groups -OCH3 is 1. The van der Waals surface area contributed by atoms with E-state index in [1.807, 2.05) is 13.8 Å². The van der Waals surface area contributed by atoms with Gasteiger partial charge in [0.15, 0.2) is 12.0 Å². The zero-order valence-corrected chi connectivity index (χ0v) is 12.2. The molecule has 0 bridgehead atoms. The topological polar surface area (TPSA) is 68.5 Å². The second-order valence-electron chi connectivity index (χ2n) is 4.88. The van der Waals surface area contributed by atoms with Gasteiger partial charge in [-0.05, 0) is 24.3 Å². The monoisotopic (exact) mass is 287 g/mol. The number of furan rings is 1. The van der Waals surface area contributed by atoms with Crippen LogP contribution in [0.1, 0.15) is 24.4 Å². The highest BCUT2D eigenvalue weighted by Gasteiger charge is 2.15. The van der Waals surface area contributed by atoms with Crippen LogP contribution in [-0.4, -0.2) is 19.3 Å². The van der Waals surface area contributed by atoms with Crippen molar-refractivity contribution in [2.45, 2.75) is 13.8 Å². The molecule has 0 fully saturated rings. The molecule has 0 radical (unpaired) electrons. The van der Waals surface area contributed by atoms with E-state index in [0.717, 1.165) is 0 Å². The molecule has 21 heavy (non-hydrogen) atoms. The zero-order valence-electron chi connectivity index (χ0n) is 12.2. The first kappa shape index (κ1) is 14.8. The fourth-order valence-electron chi connectivity index (χ4n) is 1.81. The molecular weight excluding hydrogens is 270 g/mol. The number of carbonyl (C=O) groups is 2. The van der Waals surface area contributed by atoms with Crippen molar-refractivity contribution in [3.8, 4) is 17.1 Å². The van der Waals surface area contributed by atoms with Crippen molar-refractivity contribution in [2.24, 2.45) is 5.92 Å². The zero-order chi connectivity index (χ0) is 15.4.